The van der Waals surface area contributed by atoms with Gasteiger partial charge in [-0.3, -0.25) is 4.79 Å². The van der Waals surface area contributed by atoms with E-state index in [0.717, 1.165) is 38.1 Å². The van der Waals surface area contributed by atoms with Gasteiger partial charge in [0, 0.05) is 12.4 Å². The molecule has 0 aliphatic heterocycles. The fraction of sp³-hybridized carbons (Fsp3) is 0.857. The number of rotatable bonds is 7. The van der Waals surface area contributed by atoms with Crippen LogP contribution in [0.5, 0.6) is 0 Å². The van der Waals surface area contributed by atoms with Gasteiger partial charge in [-0.05, 0) is 12.8 Å². The molecule has 0 unspecified atom stereocenters. The minimum absolute atomic E-state index is 0.738. The molecule has 0 aliphatic carbocycles. The first-order valence-corrected chi connectivity index (χ1v) is 4.18. The summed E-state index contributed by atoms with van der Waals surface area (Å²) >= 11 is 5.47. The molecule has 3 heteroatoms. The summed E-state index contributed by atoms with van der Waals surface area (Å²) in [7, 11) is 0. The second-order valence-corrected chi connectivity index (χ2v) is 2.55. The number of amides is 1. The van der Waals surface area contributed by atoms with E-state index in [1.165, 1.54) is 6.42 Å². The molecule has 0 spiro atoms. The molecular weight excluding hydrogens is 150 g/mol. The summed E-state index contributed by atoms with van der Waals surface area (Å²) in [6, 6.07) is 0. The fourth-order valence-electron chi connectivity index (χ4n) is 0.734. The standard InChI is InChI=1S/C7H14ClNO/c8-5-3-1-2-4-6-9-7-10/h7H,1-6H2,(H,9,10). The number of hydrogen-bond donors (Lipinski definition) is 1. The van der Waals surface area contributed by atoms with Crippen molar-refractivity contribution in [2.45, 2.75) is 25.7 Å². The highest BCUT2D eigenvalue weighted by Crippen LogP contribution is 1.99. The molecule has 1 N–H and O–H groups in total. The monoisotopic (exact) mass is 163 g/mol. The third kappa shape index (κ3) is 7.76. The largest absolute Gasteiger partial charge is 0.359 e. The lowest BCUT2D eigenvalue weighted by atomic mass is 10.2. The minimum atomic E-state index is 0.738. The van der Waals surface area contributed by atoms with Crippen LogP contribution in [0.15, 0.2) is 0 Å². The fourth-order valence-corrected chi connectivity index (χ4v) is 0.923. The Morgan fingerprint density at radius 2 is 1.90 bits per heavy atom. The van der Waals surface area contributed by atoms with Gasteiger partial charge in [-0.25, -0.2) is 0 Å². The maximum absolute atomic E-state index is 9.76. The lowest BCUT2D eigenvalue weighted by molar-refractivity contribution is -0.109. The van der Waals surface area contributed by atoms with Gasteiger partial charge in [-0.1, -0.05) is 12.8 Å². The number of carbonyl (C=O) groups is 1. The van der Waals surface area contributed by atoms with Crippen LogP contribution in [0.3, 0.4) is 0 Å². The van der Waals surface area contributed by atoms with Crippen LogP contribution in [-0.4, -0.2) is 18.8 Å². The molecule has 0 atom stereocenters. The van der Waals surface area contributed by atoms with Gasteiger partial charge >= 0.3 is 0 Å². The van der Waals surface area contributed by atoms with Crippen molar-refractivity contribution >= 4 is 18.0 Å². The maximum atomic E-state index is 9.76. The molecule has 0 aromatic rings. The number of unbranched alkanes of at least 4 members (excludes halogenated alkanes) is 3. The van der Waals surface area contributed by atoms with Crippen LogP contribution in [0, 0.1) is 0 Å². The van der Waals surface area contributed by atoms with E-state index in [9.17, 15) is 4.79 Å². The summed E-state index contributed by atoms with van der Waals surface area (Å²) < 4.78 is 0. The van der Waals surface area contributed by atoms with Crippen molar-refractivity contribution in [1.82, 2.24) is 5.32 Å². The molecular formula is C7H14ClNO. The van der Waals surface area contributed by atoms with Gasteiger partial charge in [0.2, 0.25) is 6.41 Å². The zero-order valence-electron chi connectivity index (χ0n) is 6.11. The van der Waals surface area contributed by atoms with E-state index in [4.69, 9.17) is 11.6 Å². The first-order chi connectivity index (χ1) is 4.91. The molecule has 0 rings (SSSR count). The summed E-state index contributed by atoms with van der Waals surface area (Å²) in [5.74, 6) is 0.751. The molecule has 0 bridgehead atoms. The topological polar surface area (TPSA) is 29.1 Å². The minimum Gasteiger partial charge on any atom is -0.359 e. The second-order valence-electron chi connectivity index (χ2n) is 2.18. The number of hydrogen-bond acceptors (Lipinski definition) is 1. The Morgan fingerprint density at radius 1 is 1.20 bits per heavy atom. The van der Waals surface area contributed by atoms with E-state index in [0.29, 0.717) is 0 Å². The van der Waals surface area contributed by atoms with Gasteiger partial charge in [-0.15, -0.1) is 11.6 Å². The highest BCUT2D eigenvalue weighted by atomic mass is 35.5. The molecule has 0 saturated carbocycles. The van der Waals surface area contributed by atoms with Crippen molar-refractivity contribution in [2.24, 2.45) is 0 Å². The summed E-state index contributed by atoms with van der Waals surface area (Å²) in [4.78, 5) is 9.76. The van der Waals surface area contributed by atoms with Crippen LogP contribution in [0.25, 0.3) is 0 Å². The molecule has 0 fully saturated rings. The predicted molar refractivity (Wildman–Crippen MR) is 43.3 cm³/mol. The summed E-state index contributed by atoms with van der Waals surface area (Å²) in [5, 5.41) is 2.61. The lowest BCUT2D eigenvalue weighted by Crippen LogP contribution is -2.11. The first-order valence-electron chi connectivity index (χ1n) is 3.65. The van der Waals surface area contributed by atoms with E-state index >= 15 is 0 Å². The maximum Gasteiger partial charge on any atom is 0.207 e. The van der Waals surface area contributed by atoms with Crippen LogP contribution in [0.4, 0.5) is 0 Å². The first kappa shape index (κ1) is 9.76. The van der Waals surface area contributed by atoms with Crippen LogP contribution in [0.1, 0.15) is 25.7 Å². The summed E-state index contributed by atoms with van der Waals surface area (Å²) in [5.41, 5.74) is 0. The Kier molecular flexibility index (Phi) is 8.55. The van der Waals surface area contributed by atoms with Crippen LogP contribution < -0.4 is 5.32 Å². The highest BCUT2D eigenvalue weighted by Gasteiger charge is 1.87. The van der Waals surface area contributed by atoms with Gasteiger partial charge < -0.3 is 5.32 Å². The Labute approximate surface area is 66.9 Å². The van der Waals surface area contributed by atoms with E-state index in [-0.39, 0.29) is 0 Å². The van der Waals surface area contributed by atoms with Crippen molar-refractivity contribution in [2.75, 3.05) is 12.4 Å². The number of nitrogens with one attached hydrogen (secondary N) is 1. The molecule has 0 aromatic heterocycles. The van der Waals surface area contributed by atoms with Crippen molar-refractivity contribution in [1.29, 1.82) is 0 Å². The number of halogens is 1. The van der Waals surface area contributed by atoms with Gasteiger partial charge in [-0.2, -0.15) is 0 Å². The van der Waals surface area contributed by atoms with Crippen molar-refractivity contribution in [3.05, 3.63) is 0 Å². The zero-order valence-corrected chi connectivity index (χ0v) is 6.86. The molecule has 2 nitrogen and oxygen atoms in total. The Morgan fingerprint density at radius 3 is 2.50 bits per heavy atom. The van der Waals surface area contributed by atoms with Crippen molar-refractivity contribution < 1.29 is 4.79 Å². The molecule has 0 aliphatic rings. The van der Waals surface area contributed by atoms with Gasteiger partial charge in [0.15, 0.2) is 0 Å². The average molecular weight is 164 g/mol. The smallest absolute Gasteiger partial charge is 0.207 e. The molecule has 60 valence electrons. The normalized spacial score (nSPS) is 9.30. The molecule has 0 heterocycles. The molecule has 0 saturated heterocycles. The van der Waals surface area contributed by atoms with Gasteiger partial charge in [0.25, 0.3) is 0 Å². The molecule has 0 aromatic carbocycles. The van der Waals surface area contributed by atoms with Crippen LogP contribution in [-0.2, 0) is 4.79 Å². The van der Waals surface area contributed by atoms with Gasteiger partial charge in [0.1, 0.15) is 0 Å². The van der Waals surface area contributed by atoms with Crippen molar-refractivity contribution in [3.8, 4) is 0 Å². The number of alkyl halides is 1. The van der Waals surface area contributed by atoms with E-state index in [2.05, 4.69) is 5.32 Å². The quantitative estimate of drug-likeness (QED) is 0.344. The Balaban J connectivity index is 2.70. The lowest BCUT2D eigenvalue weighted by Gasteiger charge is -1.97. The van der Waals surface area contributed by atoms with E-state index in [1.807, 2.05) is 0 Å². The van der Waals surface area contributed by atoms with Crippen molar-refractivity contribution in [3.63, 3.8) is 0 Å². The third-order valence-electron chi connectivity index (χ3n) is 1.29. The van der Waals surface area contributed by atoms with Gasteiger partial charge in [0.05, 0.1) is 0 Å². The highest BCUT2D eigenvalue weighted by molar-refractivity contribution is 6.17. The zero-order chi connectivity index (χ0) is 7.66. The third-order valence-corrected chi connectivity index (χ3v) is 1.56. The Bertz CT molecular complexity index is 78.0. The molecule has 1 amide bonds. The number of carbonyl (C=O) groups excluding carboxylic acids is 1. The predicted octanol–water partition coefficient (Wildman–Crippen LogP) is 1.53. The van der Waals surface area contributed by atoms with Crippen LogP contribution in [0.2, 0.25) is 0 Å². The SMILES string of the molecule is O=CNCCCCCCCl. The Hall–Kier alpha value is -0.240. The second kappa shape index (κ2) is 8.76. The van der Waals surface area contributed by atoms with E-state index in [1.54, 1.807) is 0 Å². The molecule has 10 heavy (non-hydrogen) atoms. The summed E-state index contributed by atoms with van der Waals surface area (Å²) in [6.45, 7) is 0.797. The summed E-state index contributed by atoms with van der Waals surface area (Å²) in [6.07, 6.45) is 5.22. The van der Waals surface area contributed by atoms with Crippen LogP contribution >= 0.6 is 11.6 Å². The average Bonchev–Trinajstić information content (AvgIpc) is 1.97. The molecule has 0 radical (unpaired) electrons. The van der Waals surface area contributed by atoms with E-state index < -0.39 is 0 Å².